The van der Waals surface area contributed by atoms with Crippen molar-refractivity contribution in [2.24, 2.45) is 0 Å². The molecule has 1 heterocycles. The minimum atomic E-state index is -2.25. The van der Waals surface area contributed by atoms with Crippen LogP contribution in [0.1, 0.15) is 108 Å². The van der Waals surface area contributed by atoms with Gasteiger partial charge in [0.15, 0.2) is 5.79 Å². The zero-order valence-electron chi connectivity index (χ0n) is 35.9. The van der Waals surface area contributed by atoms with Crippen LogP contribution in [0.25, 0.3) is 0 Å². The molecule has 2 aromatic carbocycles. The van der Waals surface area contributed by atoms with E-state index in [-0.39, 0.29) is 6.10 Å². The van der Waals surface area contributed by atoms with Gasteiger partial charge in [0.25, 0.3) is 0 Å². The monoisotopic (exact) mass is 770 g/mol. The van der Waals surface area contributed by atoms with Crippen molar-refractivity contribution in [2.45, 2.75) is 167 Å². The quantitative estimate of drug-likeness (QED) is 0.0872. The van der Waals surface area contributed by atoms with Gasteiger partial charge >= 0.3 is 0 Å². The van der Waals surface area contributed by atoms with Gasteiger partial charge in [-0.05, 0) is 75.9 Å². The topological polar surface area (TPSA) is 64.6 Å². The van der Waals surface area contributed by atoms with E-state index in [1.165, 1.54) is 0 Å². The summed E-state index contributed by atoms with van der Waals surface area (Å²) in [6.45, 7) is 34.1. The summed E-state index contributed by atoms with van der Waals surface area (Å²) in [6, 6.07) is 18.3. The fourth-order valence-corrected chi connectivity index (χ4v) is 20.0. The largest absolute Gasteiger partial charge is 0.497 e. The van der Waals surface area contributed by atoms with E-state index < -0.39 is 34.6 Å². The maximum atomic E-state index is 7.35. The third-order valence-corrected chi connectivity index (χ3v) is 23.6. The summed E-state index contributed by atoms with van der Waals surface area (Å²) < 4.78 is 46.7. The standard InChI is InChI=1S/C44H74O7Si2/c1-31(2)52(32(3)4,33(5)6)48-26-25-39(29-49-53(34(7)8,35(9)10)36(11)12)42(47-28-38-21-23-40(45-15)24-22-38)43-41(50-44(13,14)51-43)30-46-27-37-19-17-16-18-20-37/h16-25,31-36,41-43H,26-30H2,1-15H3/b39-25+/t41-,42?,43+/m0/s1. The lowest BCUT2D eigenvalue weighted by atomic mass is 10.00. The fourth-order valence-electron chi connectivity index (χ4n) is 9.20. The first kappa shape index (κ1) is 45.6. The number of rotatable bonds is 22. The Morgan fingerprint density at radius 1 is 0.679 bits per heavy atom. The van der Waals surface area contributed by atoms with Crippen LogP contribution >= 0.6 is 0 Å². The second-order valence-corrected chi connectivity index (χ2v) is 28.2. The van der Waals surface area contributed by atoms with Gasteiger partial charge in [-0.15, -0.1) is 0 Å². The van der Waals surface area contributed by atoms with E-state index in [1.807, 2.05) is 44.2 Å². The first-order valence-corrected chi connectivity index (χ1v) is 24.4. The van der Waals surface area contributed by atoms with E-state index in [4.69, 9.17) is 32.5 Å². The van der Waals surface area contributed by atoms with Gasteiger partial charge in [0.1, 0.15) is 24.1 Å². The summed E-state index contributed by atoms with van der Waals surface area (Å²) in [4.78, 5) is 0. The molecule has 1 unspecified atom stereocenters. The molecule has 300 valence electrons. The molecule has 0 bridgehead atoms. The molecule has 53 heavy (non-hydrogen) atoms. The molecule has 0 aliphatic carbocycles. The van der Waals surface area contributed by atoms with Gasteiger partial charge in [0.2, 0.25) is 16.6 Å². The molecule has 1 fully saturated rings. The van der Waals surface area contributed by atoms with Crippen molar-refractivity contribution in [3.8, 4) is 5.75 Å². The van der Waals surface area contributed by atoms with E-state index in [0.717, 1.165) is 22.4 Å². The first-order chi connectivity index (χ1) is 24.9. The van der Waals surface area contributed by atoms with Crippen molar-refractivity contribution >= 4 is 16.6 Å². The van der Waals surface area contributed by atoms with Crippen molar-refractivity contribution in [1.29, 1.82) is 0 Å². The number of hydrogen-bond acceptors (Lipinski definition) is 7. The fraction of sp³-hybridized carbons (Fsp3) is 0.682. The van der Waals surface area contributed by atoms with Crippen molar-refractivity contribution in [3.63, 3.8) is 0 Å². The van der Waals surface area contributed by atoms with E-state index in [0.29, 0.717) is 66.3 Å². The summed E-state index contributed by atoms with van der Waals surface area (Å²) in [5.74, 6) is -0.0106. The summed E-state index contributed by atoms with van der Waals surface area (Å²) in [5.41, 5.74) is 5.92. The average Bonchev–Trinajstić information content (AvgIpc) is 3.39. The molecule has 0 N–H and O–H groups in total. The highest BCUT2D eigenvalue weighted by molar-refractivity contribution is 6.78. The number of hydrogen-bond donors (Lipinski definition) is 0. The minimum absolute atomic E-state index is 0.364. The molecule has 1 aliphatic rings. The van der Waals surface area contributed by atoms with Gasteiger partial charge in [-0.25, -0.2) is 0 Å². The molecule has 0 saturated carbocycles. The lowest BCUT2D eigenvalue weighted by Gasteiger charge is -2.43. The van der Waals surface area contributed by atoms with Gasteiger partial charge < -0.3 is 32.5 Å². The molecule has 3 atom stereocenters. The molecule has 0 radical (unpaired) electrons. The number of methoxy groups -OCH3 is 1. The van der Waals surface area contributed by atoms with Crippen LogP contribution in [0, 0.1) is 0 Å². The smallest absolute Gasteiger partial charge is 0.200 e. The van der Waals surface area contributed by atoms with Crippen LogP contribution in [0.5, 0.6) is 5.75 Å². The Hall–Kier alpha value is -1.83. The number of benzene rings is 2. The molecule has 0 spiro atoms. The van der Waals surface area contributed by atoms with E-state index >= 15 is 0 Å². The van der Waals surface area contributed by atoms with Crippen LogP contribution in [-0.2, 0) is 41.0 Å². The predicted molar refractivity (Wildman–Crippen MR) is 224 cm³/mol. The molecule has 2 aromatic rings. The lowest BCUT2D eigenvalue weighted by Crippen LogP contribution is -2.49. The Morgan fingerprint density at radius 2 is 1.19 bits per heavy atom. The van der Waals surface area contributed by atoms with E-state index in [1.54, 1.807) is 7.11 Å². The maximum Gasteiger partial charge on any atom is 0.200 e. The van der Waals surface area contributed by atoms with Crippen LogP contribution in [0.4, 0.5) is 0 Å². The predicted octanol–water partition coefficient (Wildman–Crippen LogP) is 11.6. The van der Waals surface area contributed by atoms with Crippen LogP contribution < -0.4 is 4.74 Å². The second kappa shape index (κ2) is 20.4. The van der Waals surface area contributed by atoms with Gasteiger partial charge in [0.05, 0.1) is 40.1 Å². The SMILES string of the molecule is COc1ccc(COC(/C(=C/CO[Si](C(C)C)(C(C)C)C(C)C)CO[Si](C(C)C)(C(C)C)C(C)C)[C@@H]2OC(C)(C)O[C@H]2COCc2ccccc2)cc1. The maximum absolute atomic E-state index is 7.35. The Balaban J connectivity index is 2.11. The lowest BCUT2D eigenvalue weighted by molar-refractivity contribution is -0.160. The molecule has 7 nitrogen and oxygen atoms in total. The highest BCUT2D eigenvalue weighted by Gasteiger charge is 2.49. The molecule has 1 saturated heterocycles. The summed E-state index contributed by atoms with van der Waals surface area (Å²) in [7, 11) is -2.71. The summed E-state index contributed by atoms with van der Waals surface area (Å²) in [5, 5.41) is 0. The van der Waals surface area contributed by atoms with Crippen molar-refractivity contribution < 1.29 is 32.5 Å². The third kappa shape index (κ3) is 11.6. The van der Waals surface area contributed by atoms with Crippen LogP contribution in [-0.4, -0.2) is 67.7 Å². The Labute approximate surface area is 325 Å². The Bertz CT molecular complexity index is 1330. The van der Waals surface area contributed by atoms with Crippen LogP contribution in [0.3, 0.4) is 0 Å². The first-order valence-electron chi connectivity index (χ1n) is 20.1. The van der Waals surface area contributed by atoms with Gasteiger partial charge in [-0.1, -0.05) is 132 Å². The van der Waals surface area contributed by atoms with E-state index in [9.17, 15) is 0 Å². The molecule has 3 rings (SSSR count). The zero-order valence-corrected chi connectivity index (χ0v) is 37.9. The van der Waals surface area contributed by atoms with E-state index in [2.05, 4.69) is 113 Å². The normalized spacial score (nSPS) is 19.1. The Kier molecular flexibility index (Phi) is 17.5. The summed E-state index contributed by atoms with van der Waals surface area (Å²) in [6.07, 6.45) is 0.977. The van der Waals surface area contributed by atoms with Gasteiger partial charge in [-0.3, -0.25) is 0 Å². The molecule has 0 aromatic heterocycles. The van der Waals surface area contributed by atoms with Crippen LogP contribution in [0.2, 0.25) is 33.2 Å². The number of ether oxygens (including phenoxy) is 5. The van der Waals surface area contributed by atoms with Crippen molar-refractivity contribution in [3.05, 3.63) is 77.4 Å². The molecule has 0 amide bonds. The average molecular weight is 771 g/mol. The second-order valence-electron chi connectivity index (χ2n) is 17.2. The molecular formula is C44H74O7Si2. The molecular weight excluding hydrogens is 697 g/mol. The zero-order chi connectivity index (χ0) is 39.6. The Morgan fingerprint density at radius 3 is 1.70 bits per heavy atom. The third-order valence-electron chi connectivity index (χ3n) is 11.4. The van der Waals surface area contributed by atoms with Crippen molar-refractivity contribution in [1.82, 2.24) is 0 Å². The van der Waals surface area contributed by atoms with Gasteiger partial charge in [-0.2, -0.15) is 0 Å². The highest BCUT2D eigenvalue weighted by Crippen LogP contribution is 2.44. The minimum Gasteiger partial charge on any atom is -0.497 e. The van der Waals surface area contributed by atoms with Crippen LogP contribution in [0.15, 0.2) is 66.2 Å². The van der Waals surface area contributed by atoms with Crippen molar-refractivity contribution in [2.75, 3.05) is 26.9 Å². The molecule has 1 aliphatic heterocycles. The summed E-state index contributed by atoms with van der Waals surface area (Å²) >= 11 is 0. The van der Waals surface area contributed by atoms with Gasteiger partial charge in [0, 0.05) is 0 Å². The highest BCUT2D eigenvalue weighted by atomic mass is 28.4. The molecule has 9 heteroatoms.